The molecule has 1 saturated heterocycles. The van der Waals surface area contributed by atoms with Crippen molar-refractivity contribution in [3.05, 3.63) is 82.4 Å². The van der Waals surface area contributed by atoms with Crippen molar-refractivity contribution in [2.45, 2.75) is 6.54 Å². The number of nitro groups is 1. The van der Waals surface area contributed by atoms with Gasteiger partial charge >= 0.3 is 0 Å². The molecule has 0 radical (unpaired) electrons. The molecule has 3 aromatic carbocycles. The van der Waals surface area contributed by atoms with Gasteiger partial charge in [0.2, 0.25) is 0 Å². The van der Waals surface area contributed by atoms with Crippen LogP contribution in [0.3, 0.4) is 0 Å². The maximum atomic E-state index is 12.5. The fraction of sp³-hybridized carbons (Fsp3) is 0.261. The maximum Gasteiger partial charge on any atom is 0.269 e. The average Bonchev–Trinajstić information content (AvgIpc) is 2.78. The fourth-order valence-electron chi connectivity index (χ4n) is 3.77. The SMILES string of the molecule is O=C(COc1ccc2ccccc2c1)N1CC[NH+](Cc2ccc([N+](=O)[O-])cc2)CC1. The zero-order valence-electron chi connectivity index (χ0n) is 16.6. The van der Waals surface area contributed by atoms with Crippen LogP contribution in [0.2, 0.25) is 0 Å². The summed E-state index contributed by atoms with van der Waals surface area (Å²) in [7, 11) is 0. The summed E-state index contributed by atoms with van der Waals surface area (Å²) in [6.07, 6.45) is 0. The summed E-state index contributed by atoms with van der Waals surface area (Å²) < 4.78 is 5.73. The van der Waals surface area contributed by atoms with Gasteiger partial charge in [-0.25, -0.2) is 0 Å². The lowest BCUT2D eigenvalue weighted by Gasteiger charge is -2.32. The summed E-state index contributed by atoms with van der Waals surface area (Å²) in [5.41, 5.74) is 1.17. The predicted octanol–water partition coefficient (Wildman–Crippen LogP) is 2.05. The Hall–Kier alpha value is -3.45. The lowest BCUT2D eigenvalue weighted by atomic mass is 10.1. The Morgan fingerprint density at radius 3 is 2.40 bits per heavy atom. The van der Waals surface area contributed by atoms with Gasteiger partial charge in [0.15, 0.2) is 6.61 Å². The number of piperazine rings is 1. The van der Waals surface area contributed by atoms with Crippen molar-refractivity contribution in [1.29, 1.82) is 0 Å². The smallest absolute Gasteiger partial charge is 0.269 e. The molecule has 0 aromatic heterocycles. The second-order valence-corrected chi connectivity index (χ2v) is 7.53. The van der Waals surface area contributed by atoms with Gasteiger partial charge in [0.1, 0.15) is 12.3 Å². The van der Waals surface area contributed by atoms with Gasteiger partial charge in [-0.15, -0.1) is 0 Å². The largest absolute Gasteiger partial charge is 0.484 e. The van der Waals surface area contributed by atoms with Gasteiger partial charge in [0, 0.05) is 17.7 Å². The Labute approximate surface area is 174 Å². The third-order valence-corrected chi connectivity index (χ3v) is 5.51. The first-order valence-corrected chi connectivity index (χ1v) is 10.0. The molecule has 0 spiro atoms. The standard InChI is InChI=1S/C23H23N3O4/c27-23(17-30-22-10-7-19-3-1-2-4-20(19)15-22)25-13-11-24(12-14-25)16-18-5-8-21(9-6-18)26(28)29/h1-10,15H,11-14,16-17H2/p+1. The van der Waals surface area contributed by atoms with E-state index >= 15 is 0 Å². The maximum absolute atomic E-state index is 12.5. The zero-order valence-corrected chi connectivity index (χ0v) is 16.6. The molecule has 0 aliphatic carbocycles. The Bertz CT molecular complexity index is 1040. The molecular weight excluding hydrogens is 382 g/mol. The number of amides is 1. The molecule has 3 aromatic rings. The molecule has 0 unspecified atom stereocenters. The second-order valence-electron chi connectivity index (χ2n) is 7.53. The number of hydrogen-bond donors (Lipinski definition) is 1. The molecule has 7 nitrogen and oxygen atoms in total. The van der Waals surface area contributed by atoms with Gasteiger partial charge in [-0.05, 0) is 35.0 Å². The highest BCUT2D eigenvalue weighted by molar-refractivity contribution is 5.84. The highest BCUT2D eigenvalue weighted by Crippen LogP contribution is 2.20. The van der Waals surface area contributed by atoms with Crippen LogP contribution in [0.15, 0.2) is 66.7 Å². The third kappa shape index (κ3) is 4.75. The molecule has 30 heavy (non-hydrogen) atoms. The summed E-state index contributed by atoms with van der Waals surface area (Å²) in [6.45, 7) is 3.89. The van der Waals surface area contributed by atoms with Gasteiger partial charge in [0.05, 0.1) is 31.1 Å². The lowest BCUT2D eigenvalue weighted by Crippen LogP contribution is -3.13. The van der Waals surface area contributed by atoms with Crippen molar-refractivity contribution >= 4 is 22.4 Å². The molecule has 0 atom stereocenters. The summed E-state index contributed by atoms with van der Waals surface area (Å²) in [6, 6.07) is 20.6. The Morgan fingerprint density at radius 2 is 1.70 bits per heavy atom. The van der Waals surface area contributed by atoms with E-state index in [1.807, 2.05) is 47.4 Å². The lowest BCUT2D eigenvalue weighted by molar-refractivity contribution is -0.917. The topological polar surface area (TPSA) is 77.1 Å². The number of nitro benzene ring substituents is 1. The van der Waals surface area contributed by atoms with Crippen LogP contribution >= 0.6 is 0 Å². The molecule has 1 N–H and O–H groups in total. The average molecular weight is 406 g/mol. The summed E-state index contributed by atoms with van der Waals surface area (Å²) >= 11 is 0. The summed E-state index contributed by atoms with van der Waals surface area (Å²) in [4.78, 5) is 26.1. The van der Waals surface area contributed by atoms with E-state index < -0.39 is 0 Å². The number of ether oxygens (including phenoxy) is 1. The summed E-state index contributed by atoms with van der Waals surface area (Å²) in [5.74, 6) is 0.696. The molecular formula is C23H24N3O4+. The first kappa shape index (κ1) is 19.8. The minimum Gasteiger partial charge on any atom is -0.484 e. The van der Waals surface area contributed by atoms with E-state index in [1.54, 1.807) is 24.3 Å². The number of nitrogens with zero attached hydrogens (tertiary/aromatic N) is 2. The molecule has 154 valence electrons. The van der Waals surface area contributed by atoms with Crippen LogP contribution in [0.4, 0.5) is 5.69 Å². The molecule has 1 heterocycles. The number of non-ortho nitro benzene ring substituents is 1. The van der Waals surface area contributed by atoms with Crippen molar-refractivity contribution in [2.75, 3.05) is 32.8 Å². The first-order valence-electron chi connectivity index (χ1n) is 10.0. The van der Waals surface area contributed by atoms with E-state index in [0.717, 1.165) is 36.0 Å². The highest BCUT2D eigenvalue weighted by Gasteiger charge is 2.24. The monoisotopic (exact) mass is 406 g/mol. The van der Waals surface area contributed by atoms with Gasteiger partial charge in [0.25, 0.3) is 11.6 Å². The molecule has 0 bridgehead atoms. The Balaban J connectivity index is 1.25. The summed E-state index contributed by atoms with van der Waals surface area (Å²) in [5, 5.41) is 13.0. The van der Waals surface area contributed by atoms with Crippen LogP contribution in [0, 0.1) is 10.1 Å². The van der Waals surface area contributed by atoms with Crippen LogP contribution in [0.1, 0.15) is 5.56 Å². The van der Waals surface area contributed by atoms with E-state index in [0.29, 0.717) is 18.8 Å². The van der Waals surface area contributed by atoms with Gasteiger partial charge in [-0.3, -0.25) is 14.9 Å². The van der Waals surface area contributed by atoms with Crippen molar-refractivity contribution < 1.29 is 19.4 Å². The number of quaternary nitrogens is 1. The number of carbonyl (C=O) groups excluding carboxylic acids is 1. The number of nitrogens with one attached hydrogen (secondary N) is 1. The van der Waals surface area contributed by atoms with E-state index in [4.69, 9.17) is 4.74 Å². The van der Waals surface area contributed by atoms with E-state index in [-0.39, 0.29) is 23.1 Å². The number of rotatable bonds is 6. The molecule has 0 saturated carbocycles. The molecule has 1 aliphatic rings. The predicted molar refractivity (Wildman–Crippen MR) is 114 cm³/mol. The van der Waals surface area contributed by atoms with Crippen molar-refractivity contribution in [2.24, 2.45) is 0 Å². The minimum atomic E-state index is -0.388. The zero-order chi connectivity index (χ0) is 20.9. The van der Waals surface area contributed by atoms with Crippen LogP contribution in [-0.4, -0.2) is 48.5 Å². The van der Waals surface area contributed by atoms with Crippen LogP contribution < -0.4 is 9.64 Å². The van der Waals surface area contributed by atoms with Crippen LogP contribution in [0.25, 0.3) is 10.8 Å². The molecule has 1 fully saturated rings. The fourth-order valence-corrected chi connectivity index (χ4v) is 3.77. The van der Waals surface area contributed by atoms with Crippen LogP contribution in [-0.2, 0) is 11.3 Å². The van der Waals surface area contributed by atoms with Crippen molar-refractivity contribution in [1.82, 2.24) is 4.90 Å². The van der Waals surface area contributed by atoms with E-state index in [9.17, 15) is 14.9 Å². The highest BCUT2D eigenvalue weighted by atomic mass is 16.6. The number of fused-ring (bicyclic) bond motifs is 1. The van der Waals surface area contributed by atoms with Crippen molar-refractivity contribution in [3.63, 3.8) is 0 Å². The van der Waals surface area contributed by atoms with E-state index in [1.165, 1.54) is 4.90 Å². The van der Waals surface area contributed by atoms with Crippen molar-refractivity contribution in [3.8, 4) is 5.75 Å². The van der Waals surface area contributed by atoms with Gasteiger partial charge in [-0.1, -0.05) is 30.3 Å². The quantitative estimate of drug-likeness (QED) is 0.502. The van der Waals surface area contributed by atoms with Gasteiger partial charge < -0.3 is 14.5 Å². The van der Waals surface area contributed by atoms with E-state index in [2.05, 4.69) is 0 Å². The second kappa shape index (κ2) is 8.92. The minimum absolute atomic E-state index is 0.00227. The number of benzene rings is 3. The molecule has 7 heteroatoms. The number of hydrogen-bond acceptors (Lipinski definition) is 4. The molecule has 4 rings (SSSR count). The normalized spacial score (nSPS) is 14.6. The van der Waals surface area contributed by atoms with Crippen LogP contribution in [0.5, 0.6) is 5.75 Å². The molecule has 1 amide bonds. The van der Waals surface area contributed by atoms with Gasteiger partial charge in [-0.2, -0.15) is 0 Å². The molecule has 1 aliphatic heterocycles. The first-order chi connectivity index (χ1) is 14.6. The Kier molecular flexibility index (Phi) is 5.90. The third-order valence-electron chi connectivity index (χ3n) is 5.51. The number of carbonyl (C=O) groups is 1. The Morgan fingerprint density at radius 1 is 1.00 bits per heavy atom.